The van der Waals surface area contributed by atoms with Crippen LogP contribution in [0.1, 0.15) is 50.8 Å². The predicted molar refractivity (Wildman–Crippen MR) is 87.1 cm³/mol. The third-order valence-electron chi connectivity index (χ3n) is 3.73. The fourth-order valence-electron chi connectivity index (χ4n) is 2.47. The van der Waals surface area contributed by atoms with Crippen molar-refractivity contribution in [2.75, 3.05) is 0 Å². The van der Waals surface area contributed by atoms with E-state index < -0.39 is 0 Å². The van der Waals surface area contributed by atoms with Crippen molar-refractivity contribution in [1.29, 1.82) is 0 Å². The first-order valence-electron chi connectivity index (χ1n) is 7.52. The highest BCUT2D eigenvalue weighted by molar-refractivity contribution is 6.30. The van der Waals surface area contributed by atoms with E-state index in [9.17, 15) is 0 Å². The van der Waals surface area contributed by atoms with Crippen LogP contribution in [0.5, 0.6) is 0 Å². The van der Waals surface area contributed by atoms with Crippen LogP contribution in [0, 0.1) is 0 Å². The van der Waals surface area contributed by atoms with Crippen LogP contribution in [0.2, 0.25) is 5.02 Å². The average molecular weight is 304 g/mol. The van der Waals surface area contributed by atoms with Crippen LogP contribution in [0.4, 0.5) is 0 Å². The lowest BCUT2D eigenvalue weighted by Gasteiger charge is -2.20. The van der Waals surface area contributed by atoms with Crippen LogP contribution in [0.25, 0.3) is 5.69 Å². The molecule has 112 valence electrons. The summed E-state index contributed by atoms with van der Waals surface area (Å²) in [7, 11) is 0. The summed E-state index contributed by atoms with van der Waals surface area (Å²) in [5.74, 6) is 0.653. The first-order valence-corrected chi connectivity index (χ1v) is 7.89. The van der Waals surface area contributed by atoms with Crippen LogP contribution in [-0.4, -0.2) is 15.3 Å². The molecule has 3 rings (SSSR count). The first kappa shape index (κ1) is 14.6. The van der Waals surface area contributed by atoms with E-state index >= 15 is 0 Å². The summed E-state index contributed by atoms with van der Waals surface area (Å²) in [6, 6.07) is 7.90. The van der Waals surface area contributed by atoms with Crippen molar-refractivity contribution in [1.82, 2.24) is 15.1 Å². The van der Waals surface area contributed by atoms with E-state index in [1.54, 1.807) is 0 Å². The molecule has 0 bridgehead atoms. The highest BCUT2D eigenvalue weighted by atomic mass is 35.5. The molecule has 1 N–H and O–H groups in total. The number of nitrogens with zero attached hydrogens (tertiary/aromatic N) is 2. The van der Waals surface area contributed by atoms with E-state index in [4.69, 9.17) is 11.6 Å². The predicted octanol–water partition coefficient (Wildman–Crippen LogP) is 4.29. The van der Waals surface area contributed by atoms with Crippen molar-refractivity contribution in [3.05, 3.63) is 46.7 Å². The number of benzene rings is 1. The highest BCUT2D eigenvalue weighted by Crippen LogP contribution is 2.42. The van der Waals surface area contributed by atoms with Crippen molar-refractivity contribution in [3.8, 4) is 5.69 Å². The Morgan fingerprint density at radius 2 is 1.90 bits per heavy atom. The molecule has 1 aromatic heterocycles. The third-order valence-corrected chi connectivity index (χ3v) is 3.98. The smallest absolute Gasteiger partial charge is 0.0650 e. The van der Waals surface area contributed by atoms with Crippen molar-refractivity contribution in [2.24, 2.45) is 0 Å². The Bertz CT molecular complexity index is 618. The van der Waals surface area contributed by atoms with Gasteiger partial charge in [0, 0.05) is 28.6 Å². The van der Waals surface area contributed by atoms with Crippen LogP contribution in [-0.2, 0) is 6.54 Å². The Labute approximate surface area is 131 Å². The van der Waals surface area contributed by atoms with Gasteiger partial charge in [-0.2, -0.15) is 5.10 Å². The van der Waals surface area contributed by atoms with Crippen LogP contribution in [0.3, 0.4) is 0 Å². The normalized spacial score (nSPS) is 15.4. The van der Waals surface area contributed by atoms with Gasteiger partial charge in [-0.05, 0) is 57.9 Å². The molecule has 0 radical (unpaired) electrons. The number of halogens is 1. The molecule has 1 aromatic carbocycles. The Hall–Kier alpha value is -1.32. The number of nitrogens with one attached hydrogen (secondary N) is 1. The van der Waals surface area contributed by atoms with Crippen molar-refractivity contribution >= 4 is 11.6 Å². The monoisotopic (exact) mass is 303 g/mol. The largest absolute Gasteiger partial charge is 0.308 e. The molecule has 1 aliphatic rings. The SMILES string of the molecule is CC(C)(C)NCc1cnn(-c2ccc(Cl)cc2)c1C1CC1. The summed E-state index contributed by atoms with van der Waals surface area (Å²) in [6.07, 6.45) is 4.53. The summed E-state index contributed by atoms with van der Waals surface area (Å²) < 4.78 is 2.08. The number of aromatic nitrogens is 2. The Morgan fingerprint density at radius 3 is 2.48 bits per heavy atom. The fourth-order valence-corrected chi connectivity index (χ4v) is 2.59. The molecule has 21 heavy (non-hydrogen) atoms. The molecule has 1 saturated carbocycles. The minimum Gasteiger partial charge on any atom is -0.308 e. The number of rotatable bonds is 4. The highest BCUT2D eigenvalue weighted by Gasteiger charge is 2.30. The Balaban J connectivity index is 1.91. The van der Waals surface area contributed by atoms with Gasteiger partial charge in [-0.25, -0.2) is 4.68 Å². The molecule has 0 saturated heterocycles. The number of hydrogen-bond acceptors (Lipinski definition) is 2. The third kappa shape index (κ3) is 3.47. The maximum Gasteiger partial charge on any atom is 0.0650 e. The molecule has 3 nitrogen and oxygen atoms in total. The molecule has 4 heteroatoms. The van der Waals surface area contributed by atoms with Gasteiger partial charge in [0.2, 0.25) is 0 Å². The lowest BCUT2D eigenvalue weighted by atomic mass is 10.1. The molecule has 0 unspecified atom stereocenters. The summed E-state index contributed by atoms with van der Waals surface area (Å²) >= 11 is 5.98. The lowest BCUT2D eigenvalue weighted by Crippen LogP contribution is -2.35. The molecule has 2 aromatic rings. The topological polar surface area (TPSA) is 29.9 Å². The summed E-state index contributed by atoms with van der Waals surface area (Å²) in [5.41, 5.74) is 3.86. The molecule has 1 fully saturated rings. The second kappa shape index (κ2) is 5.47. The molecule has 0 aliphatic heterocycles. The molecular formula is C17H22ClN3. The van der Waals surface area contributed by atoms with Gasteiger partial charge in [0.1, 0.15) is 0 Å². The van der Waals surface area contributed by atoms with Crippen molar-refractivity contribution in [2.45, 2.75) is 51.6 Å². The Morgan fingerprint density at radius 1 is 1.24 bits per heavy atom. The van der Waals surface area contributed by atoms with Gasteiger partial charge >= 0.3 is 0 Å². The van der Waals surface area contributed by atoms with Crippen LogP contribution >= 0.6 is 11.6 Å². The Kier molecular flexibility index (Phi) is 3.80. The van der Waals surface area contributed by atoms with E-state index in [1.165, 1.54) is 24.1 Å². The molecule has 1 aliphatic carbocycles. The zero-order valence-corrected chi connectivity index (χ0v) is 13.6. The first-order chi connectivity index (χ1) is 9.94. The van der Waals surface area contributed by atoms with E-state index in [0.29, 0.717) is 5.92 Å². The van der Waals surface area contributed by atoms with E-state index in [1.807, 2.05) is 30.5 Å². The standard InChI is InChI=1S/C17H22ClN3/c1-17(2,3)19-10-13-11-20-21(16(13)12-4-5-12)15-8-6-14(18)7-9-15/h6-9,11-12,19H,4-5,10H2,1-3H3. The van der Waals surface area contributed by atoms with Gasteiger partial charge in [-0.3, -0.25) is 0 Å². The minimum absolute atomic E-state index is 0.114. The minimum atomic E-state index is 0.114. The quantitative estimate of drug-likeness (QED) is 0.913. The lowest BCUT2D eigenvalue weighted by molar-refractivity contribution is 0.423. The van der Waals surface area contributed by atoms with Crippen molar-refractivity contribution < 1.29 is 0 Å². The van der Waals surface area contributed by atoms with Gasteiger partial charge in [0.25, 0.3) is 0 Å². The average Bonchev–Trinajstić information content (AvgIpc) is 3.17. The number of hydrogen-bond donors (Lipinski definition) is 1. The summed E-state index contributed by atoms with van der Waals surface area (Å²) in [6.45, 7) is 7.43. The van der Waals surface area contributed by atoms with E-state index in [2.05, 4.69) is 35.9 Å². The van der Waals surface area contributed by atoms with Crippen LogP contribution < -0.4 is 5.32 Å². The van der Waals surface area contributed by atoms with Gasteiger partial charge in [0.15, 0.2) is 0 Å². The fraction of sp³-hybridized carbons (Fsp3) is 0.471. The van der Waals surface area contributed by atoms with Gasteiger partial charge < -0.3 is 5.32 Å². The van der Waals surface area contributed by atoms with Gasteiger partial charge in [-0.15, -0.1) is 0 Å². The van der Waals surface area contributed by atoms with Gasteiger partial charge in [0.05, 0.1) is 17.6 Å². The summed E-state index contributed by atoms with van der Waals surface area (Å²) in [4.78, 5) is 0. The molecule has 0 atom stereocenters. The molecule has 0 amide bonds. The zero-order valence-electron chi connectivity index (χ0n) is 12.9. The summed E-state index contributed by atoms with van der Waals surface area (Å²) in [5, 5.41) is 8.93. The maximum absolute atomic E-state index is 5.98. The molecule has 0 spiro atoms. The second-order valence-electron chi connectivity index (χ2n) is 6.82. The van der Waals surface area contributed by atoms with Crippen LogP contribution in [0.15, 0.2) is 30.5 Å². The molecular weight excluding hydrogens is 282 g/mol. The maximum atomic E-state index is 5.98. The van der Waals surface area contributed by atoms with E-state index in [-0.39, 0.29) is 5.54 Å². The zero-order chi connectivity index (χ0) is 15.0. The van der Waals surface area contributed by atoms with Crippen molar-refractivity contribution in [3.63, 3.8) is 0 Å². The second-order valence-corrected chi connectivity index (χ2v) is 7.26. The van der Waals surface area contributed by atoms with E-state index in [0.717, 1.165) is 17.3 Å². The molecule has 1 heterocycles. The van der Waals surface area contributed by atoms with Gasteiger partial charge in [-0.1, -0.05) is 11.6 Å².